The summed E-state index contributed by atoms with van der Waals surface area (Å²) in [6.45, 7) is 6.39. The molecule has 2 saturated carbocycles. The Kier molecular flexibility index (Phi) is 4.67. The second kappa shape index (κ2) is 6.67. The molecule has 0 aromatic carbocycles. The van der Waals surface area contributed by atoms with Crippen LogP contribution in [-0.2, 0) is 0 Å². The van der Waals surface area contributed by atoms with Gasteiger partial charge in [-0.3, -0.25) is 0 Å². The largest absolute Gasteiger partial charge is 0.381 e. The fourth-order valence-corrected chi connectivity index (χ4v) is 3.80. The molecule has 2 fully saturated rings. The van der Waals surface area contributed by atoms with E-state index in [-0.39, 0.29) is 0 Å². The van der Waals surface area contributed by atoms with Crippen LogP contribution in [0.5, 0.6) is 0 Å². The van der Waals surface area contributed by atoms with Gasteiger partial charge in [0.2, 0.25) is 0 Å². The van der Waals surface area contributed by atoms with Crippen LogP contribution >= 0.6 is 0 Å². The summed E-state index contributed by atoms with van der Waals surface area (Å²) in [6.07, 6.45) is 10.5. The molecule has 0 saturated heterocycles. The van der Waals surface area contributed by atoms with Crippen molar-refractivity contribution in [3.8, 4) is 0 Å². The second-order valence-electron chi connectivity index (χ2n) is 6.68. The first-order valence-electron chi connectivity index (χ1n) is 8.77. The molecule has 21 heavy (non-hydrogen) atoms. The molecule has 2 unspecified atom stereocenters. The third kappa shape index (κ3) is 3.69. The van der Waals surface area contributed by atoms with Gasteiger partial charge in [0.05, 0.1) is 11.9 Å². The van der Waals surface area contributed by atoms with Crippen molar-refractivity contribution in [2.24, 2.45) is 11.8 Å². The quantitative estimate of drug-likeness (QED) is 0.845. The van der Waals surface area contributed by atoms with Crippen LogP contribution in [0.25, 0.3) is 0 Å². The van der Waals surface area contributed by atoms with Crippen LogP contribution in [0, 0.1) is 11.8 Å². The van der Waals surface area contributed by atoms with Crippen molar-refractivity contribution in [3.63, 3.8) is 0 Å². The lowest BCUT2D eigenvalue weighted by atomic mass is 9.82. The van der Waals surface area contributed by atoms with Crippen molar-refractivity contribution in [2.45, 2.75) is 58.4 Å². The molecule has 1 aromatic rings. The third-order valence-electron chi connectivity index (χ3n) is 5.21. The van der Waals surface area contributed by atoms with Crippen molar-refractivity contribution < 1.29 is 0 Å². The zero-order valence-electron chi connectivity index (χ0n) is 13.5. The monoisotopic (exact) mass is 287 g/mol. The van der Waals surface area contributed by atoms with Crippen LogP contribution < -0.4 is 10.2 Å². The van der Waals surface area contributed by atoms with Gasteiger partial charge in [-0.1, -0.05) is 12.8 Å². The molecule has 2 aliphatic carbocycles. The van der Waals surface area contributed by atoms with E-state index in [0.717, 1.165) is 30.7 Å². The summed E-state index contributed by atoms with van der Waals surface area (Å²) in [5, 5.41) is 3.71. The summed E-state index contributed by atoms with van der Waals surface area (Å²) in [5.74, 6) is 3.13. The van der Waals surface area contributed by atoms with Gasteiger partial charge in [0, 0.05) is 19.1 Å². The molecule has 2 atom stereocenters. The van der Waals surface area contributed by atoms with Crippen LogP contribution in [0.3, 0.4) is 0 Å². The van der Waals surface area contributed by atoms with Crippen LogP contribution in [0.2, 0.25) is 0 Å². The van der Waals surface area contributed by atoms with E-state index < -0.39 is 0 Å². The topological polar surface area (TPSA) is 28.2 Å². The minimum Gasteiger partial charge on any atom is -0.381 e. The molecule has 1 N–H and O–H groups in total. The molecule has 3 nitrogen and oxygen atoms in total. The first kappa shape index (κ1) is 14.7. The maximum atomic E-state index is 4.62. The summed E-state index contributed by atoms with van der Waals surface area (Å²) in [6, 6.07) is 5.00. The molecule has 3 rings (SSSR count). The maximum absolute atomic E-state index is 4.62. The highest BCUT2D eigenvalue weighted by Crippen LogP contribution is 2.44. The van der Waals surface area contributed by atoms with E-state index in [1.807, 2.05) is 6.20 Å². The van der Waals surface area contributed by atoms with Crippen LogP contribution in [0.4, 0.5) is 11.5 Å². The summed E-state index contributed by atoms with van der Waals surface area (Å²) in [5.41, 5.74) is 1.19. The molecule has 3 heteroatoms. The Morgan fingerprint density at radius 1 is 1.10 bits per heavy atom. The number of pyridine rings is 1. The predicted molar refractivity (Wildman–Crippen MR) is 89.9 cm³/mol. The van der Waals surface area contributed by atoms with Gasteiger partial charge in [0.1, 0.15) is 5.82 Å². The summed E-state index contributed by atoms with van der Waals surface area (Å²) in [7, 11) is 0. The molecule has 0 aliphatic heterocycles. The molecule has 1 aromatic heterocycles. The average molecular weight is 287 g/mol. The highest BCUT2D eigenvalue weighted by molar-refractivity contribution is 5.49. The summed E-state index contributed by atoms with van der Waals surface area (Å²) >= 11 is 0. The lowest BCUT2D eigenvalue weighted by Crippen LogP contribution is -2.28. The first-order chi connectivity index (χ1) is 10.3. The molecule has 0 bridgehead atoms. The normalized spacial score (nSPS) is 25.6. The molecule has 116 valence electrons. The van der Waals surface area contributed by atoms with Gasteiger partial charge < -0.3 is 10.2 Å². The van der Waals surface area contributed by atoms with E-state index >= 15 is 0 Å². The Balaban J connectivity index is 1.57. The van der Waals surface area contributed by atoms with Crippen molar-refractivity contribution >= 4 is 11.5 Å². The number of anilines is 2. The average Bonchev–Trinajstić information content (AvgIpc) is 3.35. The Labute approximate surface area is 129 Å². The maximum Gasteiger partial charge on any atom is 0.128 e. The molecule has 0 amide bonds. The van der Waals surface area contributed by atoms with E-state index in [9.17, 15) is 0 Å². The number of hydrogen-bond donors (Lipinski definition) is 1. The standard InChI is InChI=1S/C18H29N3/c1-3-21(4-2)18-11-10-17(13-19-18)20-16-7-5-6-15(12-16)14-8-9-14/h10-11,13-16,20H,3-9,12H2,1-2H3. The van der Waals surface area contributed by atoms with Crippen molar-refractivity contribution in [3.05, 3.63) is 18.3 Å². The van der Waals surface area contributed by atoms with Crippen molar-refractivity contribution in [2.75, 3.05) is 23.3 Å². The summed E-state index contributed by atoms with van der Waals surface area (Å²) in [4.78, 5) is 6.90. The molecule has 1 heterocycles. The lowest BCUT2D eigenvalue weighted by Gasteiger charge is -2.30. The molecule has 0 radical (unpaired) electrons. The van der Waals surface area contributed by atoms with E-state index in [2.05, 4.69) is 41.2 Å². The van der Waals surface area contributed by atoms with Gasteiger partial charge in [-0.15, -0.1) is 0 Å². The van der Waals surface area contributed by atoms with Gasteiger partial charge in [0.25, 0.3) is 0 Å². The molecule has 2 aliphatic rings. The van der Waals surface area contributed by atoms with Crippen LogP contribution in [0.15, 0.2) is 18.3 Å². The van der Waals surface area contributed by atoms with Crippen LogP contribution in [-0.4, -0.2) is 24.1 Å². The highest BCUT2D eigenvalue weighted by atomic mass is 15.2. The highest BCUT2D eigenvalue weighted by Gasteiger charge is 2.34. The Morgan fingerprint density at radius 3 is 2.52 bits per heavy atom. The van der Waals surface area contributed by atoms with Crippen molar-refractivity contribution in [1.29, 1.82) is 0 Å². The molecular weight excluding hydrogens is 258 g/mol. The third-order valence-corrected chi connectivity index (χ3v) is 5.21. The number of rotatable bonds is 6. The van der Waals surface area contributed by atoms with E-state index in [0.29, 0.717) is 6.04 Å². The minimum atomic E-state index is 0.658. The minimum absolute atomic E-state index is 0.658. The second-order valence-corrected chi connectivity index (χ2v) is 6.68. The Bertz CT molecular complexity index is 434. The lowest BCUT2D eigenvalue weighted by molar-refractivity contribution is 0.303. The zero-order chi connectivity index (χ0) is 14.7. The smallest absolute Gasteiger partial charge is 0.128 e. The van der Waals surface area contributed by atoms with E-state index in [4.69, 9.17) is 0 Å². The van der Waals surface area contributed by atoms with Gasteiger partial charge in [-0.25, -0.2) is 4.98 Å². The van der Waals surface area contributed by atoms with E-state index in [1.54, 1.807) is 0 Å². The van der Waals surface area contributed by atoms with Crippen molar-refractivity contribution in [1.82, 2.24) is 4.98 Å². The SMILES string of the molecule is CCN(CC)c1ccc(NC2CCCC(C3CC3)C2)cn1. The first-order valence-corrected chi connectivity index (χ1v) is 8.77. The Morgan fingerprint density at radius 2 is 1.90 bits per heavy atom. The molecular formula is C18H29N3. The number of hydrogen-bond acceptors (Lipinski definition) is 3. The Hall–Kier alpha value is -1.25. The summed E-state index contributed by atoms with van der Waals surface area (Å²) < 4.78 is 0. The van der Waals surface area contributed by atoms with Gasteiger partial charge in [0.15, 0.2) is 0 Å². The van der Waals surface area contributed by atoms with Crippen LogP contribution in [0.1, 0.15) is 52.4 Å². The fourth-order valence-electron chi connectivity index (χ4n) is 3.80. The number of aromatic nitrogens is 1. The van der Waals surface area contributed by atoms with E-state index in [1.165, 1.54) is 44.2 Å². The predicted octanol–water partition coefficient (Wildman–Crippen LogP) is 4.31. The zero-order valence-corrected chi connectivity index (χ0v) is 13.5. The van der Waals surface area contributed by atoms with Gasteiger partial charge in [-0.2, -0.15) is 0 Å². The van der Waals surface area contributed by atoms with Gasteiger partial charge in [-0.05, 0) is 63.5 Å². The van der Waals surface area contributed by atoms with Gasteiger partial charge >= 0.3 is 0 Å². The molecule has 0 spiro atoms. The fraction of sp³-hybridized carbons (Fsp3) is 0.722. The number of nitrogens with one attached hydrogen (secondary N) is 1. The number of nitrogens with zero attached hydrogens (tertiary/aromatic N) is 2.